The first kappa shape index (κ1) is 15.0. The standard InChI is InChI=1S/C17H23N3O2/c1-13-6-8-15(9-7-13)20-14(2)16(21)19(17(20)22)12-18-10-4-3-5-11-18/h6-9,14H,3-5,10-12H2,1-2H3/p+1/t14-/m0/s1. The van der Waals surface area contributed by atoms with Gasteiger partial charge >= 0.3 is 6.03 Å². The van der Waals surface area contributed by atoms with Gasteiger partial charge in [0.05, 0.1) is 13.1 Å². The first-order valence-corrected chi connectivity index (χ1v) is 8.13. The highest BCUT2D eigenvalue weighted by Gasteiger charge is 2.44. The highest BCUT2D eigenvalue weighted by molar-refractivity contribution is 6.13. The molecule has 2 heterocycles. The summed E-state index contributed by atoms with van der Waals surface area (Å²) in [5, 5.41) is 0. The Labute approximate surface area is 131 Å². The molecule has 22 heavy (non-hydrogen) atoms. The first-order chi connectivity index (χ1) is 10.6. The minimum Gasteiger partial charge on any atom is -0.317 e. The van der Waals surface area contributed by atoms with Crippen LogP contribution in [0.5, 0.6) is 0 Å². The third-order valence-corrected chi connectivity index (χ3v) is 4.70. The summed E-state index contributed by atoms with van der Waals surface area (Å²) in [6.07, 6.45) is 3.63. The summed E-state index contributed by atoms with van der Waals surface area (Å²) in [6.45, 7) is 6.43. The van der Waals surface area contributed by atoms with Crippen molar-refractivity contribution in [3.63, 3.8) is 0 Å². The molecular formula is C17H24N3O2+. The summed E-state index contributed by atoms with van der Waals surface area (Å²) in [4.78, 5) is 29.6. The van der Waals surface area contributed by atoms with Gasteiger partial charge in [0.1, 0.15) is 6.04 Å². The lowest BCUT2D eigenvalue weighted by atomic mass is 10.1. The van der Waals surface area contributed by atoms with E-state index in [1.54, 1.807) is 4.90 Å². The van der Waals surface area contributed by atoms with E-state index in [2.05, 4.69) is 0 Å². The first-order valence-electron chi connectivity index (χ1n) is 8.13. The lowest BCUT2D eigenvalue weighted by molar-refractivity contribution is -0.912. The number of amides is 3. The molecule has 2 aliphatic rings. The van der Waals surface area contributed by atoms with Crippen molar-refractivity contribution < 1.29 is 14.5 Å². The molecule has 5 heteroatoms. The van der Waals surface area contributed by atoms with Crippen molar-refractivity contribution >= 4 is 17.6 Å². The van der Waals surface area contributed by atoms with Crippen LogP contribution in [0.2, 0.25) is 0 Å². The molecule has 2 fully saturated rings. The number of quaternary nitrogens is 1. The van der Waals surface area contributed by atoms with E-state index in [4.69, 9.17) is 0 Å². The van der Waals surface area contributed by atoms with Crippen LogP contribution in [-0.4, -0.2) is 42.6 Å². The molecule has 2 saturated heterocycles. The Bertz CT molecular complexity index is 564. The Morgan fingerprint density at radius 1 is 1.09 bits per heavy atom. The fraction of sp³-hybridized carbons (Fsp3) is 0.529. The minimum absolute atomic E-state index is 0.0800. The number of likely N-dealkylation sites (tertiary alicyclic amines) is 1. The van der Waals surface area contributed by atoms with Crippen LogP contribution < -0.4 is 9.80 Å². The van der Waals surface area contributed by atoms with E-state index >= 15 is 0 Å². The smallest absolute Gasteiger partial charge is 0.317 e. The van der Waals surface area contributed by atoms with Gasteiger partial charge in [-0.3, -0.25) is 9.69 Å². The van der Waals surface area contributed by atoms with Gasteiger partial charge in [0, 0.05) is 5.69 Å². The maximum atomic E-state index is 12.7. The molecule has 0 aromatic heterocycles. The number of aryl methyl sites for hydroxylation is 1. The number of benzene rings is 1. The zero-order valence-corrected chi connectivity index (χ0v) is 13.3. The topological polar surface area (TPSA) is 45.1 Å². The molecule has 2 aliphatic heterocycles. The van der Waals surface area contributed by atoms with E-state index < -0.39 is 6.04 Å². The predicted molar refractivity (Wildman–Crippen MR) is 84.8 cm³/mol. The van der Waals surface area contributed by atoms with Crippen molar-refractivity contribution in [3.05, 3.63) is 29.8 Å². The second kappa shape index (κ2) is 6.08. The van der Waals surface area contributed by atoms with E-state index in [-0.39, 0.29) is 11.9 Å². The van der Waals surface area contributed by atoms with Crippen molar-refractivity contribution in [2.75, 3.05) is 24.7 Å². The quantitative estimate of drug-likeness (QED) is 0.852. The van der Waals surface area contributed by atoms with E-state index in [0.29, 0.717) is 6.67 Å². The van der Waals surface area contributed by atoms with Crippen LogP contribution in [-0.2, 0) is 4.79 Å². The Balaban J connectivity index is 1.77. The second-order valence-corrected chi connectivity index (χ2v) is 6.40. The zero-order chi connectivity index (χ0) is 15.7. The molecule has 0 spiro atoms. The monoisotopic (exact) mass is 302 g/mol. The highest BCUT2D eigenvalue weighted by atomic mass is 16.2. The number of carbonyl (C=O) groups excluding carboxylic acids is 2. The van der Waals surface area contributed by atoms with Crippen molar-refractivity contribution in [3.8, 4) is 0 Å². The van der Waals surface area contributed by atoms with Crippen LogP contribution in [0.25, 0.3) is 0 Å². The van der Waals surface area contributed by atoms with Crippen LogP contribution >= 0.6 is 0 Å². The van der Waals surface area contributed by atoms with Crippen molar-refractivity contribution in [2.24, 2.45) is 0 Å². The molecular weight excluding hydrogens is 278 g/mol. The number of hydrogen-bond donors (Lipinski definition) is 1. The predicted octanol–water partition coefficient (Wildman–Crippen LogP) is 1.18. The van der Waals surface area contributed by atoms with Gasteiger partial charge in [-0.2, -0.15) is 0 Å². The van der Waals surface area contributed by atoms with Crippen LogP contribution in [0.4, 0.5) is 10.5 Å². The fourth-order valence-corrected chi connectivity index (χ4v) is 3.34. The van der Waals surface area contributed by atoms with Crippen molar-refractivity contribution in [1.29, 1.82) is 0 Å². The van der Waals surface area contributed by atoms with Gasteiger partial charge in [-0.1, -0.05) is 17.7 Å². The largest absolute Gasteiger partial charge is 0.336 e. The Kier molecular flexibility index (Phi) is 4.16. The van der Waals surface area contributed by atoms with Crippen LogP contribution in [0.1, 0.15) is 31.7 Å². The fourth-order valence-electron chi connectivity index (χ4n) is 3.34. The molecule has 3 rings (SSSR count). The average Bonchev–Trinajstić information content (AvgIpc) is 2.73. The SMILES string of the molecule is Cc1ccc(N2C(=O)N(C[NH+]3CCCCC3)C(=O)[C@@H]2C)cc1. The van der Waals surface area contributed by atoms with E-state index in [9.17, 15) is 9.59 Å². The number of rotatable bonds is 3. The van der Waals surface area contributed by atoms with E-state index in [1.165, 1.54) is 29.1 Å². The molecule has 1 N–H and O–H groups in total. The normalized spacial score (nSPS) is 23.5. The average molecular weight is 302 g/mol. The highest BCUT2D eigenvalue weighted by Crippen LogP contribution is 2.25. The van der Waals surface area contributed by atoms with E-state index in [0.717, 1.165) is 24.3 Å². The van der Waals surface area contributed by atoms with Gasteiger partial charge in [0.25, 0.3) is 5.91 Å². The lowest BCUT2D eigenvalue weighted by Gasteiger charge is -2.26. The summed E-state index contributed by atoms with van der Waals surface area (Å²) < 4.78 is 0. The molecule has 0 radical (unpaired) electrons. The lowest BCUT2D eigenvalue weighted by Crippen LogP contribution is -3.14. The maximum absolute atomic E-state index is 12.7. The zero-order valence-electron chi connectivity index (χ0n) is 13.3. The van der Waals surface area contributed by atoms with Gasteiger partial charge in [0.2, 0.25) is 0 Å². The van der Waals surface area contributed by atoms with E-state index in [1.807, 2.05) is 38.1 Å². The van der Waals surface area contributed by atoms with Gasteiger partial charge in [0.15, 0.2) is 6.67 Å². The molecule has 1 atom stereocenters. The molecule has 1 aromatic carbocycles. The third-order valence-electron chi connectivity index (χ3n) is 4.70. The number of imide groups is 1. The molecule has 0 unspecified atom stereocenters. The van der Waals surface area contributed by atoms with Crippen LogP contribution in [0.3, 0.4) is 0 Å². The Morgan fingerprint density at radius 2 is 1.73 bits per heavy atom. The summed E-state index contributed by atoms with van der Waals surface area (Å²) in [6, 6.07) is 7.16. The number of hydrogen-bond acceptors (Lipinski definition) is 2. The van der Waals surface area contributed by atoms with Crippen molar-refractivity contribution in [1.82, 2.24) is 4.90 Å². The summed E-state index contributed by atoms with van der Waals surface area (Å²) in [5.74, 6) is -0.0800. The minimum atomic E-state index is -0.417. The van der Waals surface area contributed by atoms with Crippen LogP contribution in [0.15, 0.2) is 24.3 Å². The van der Waals surface area contributed by atoms with Gasteiger partial charge in [-0.15, -0.1) is 0 Å². The van der Waals surface area contributed by atoms with Gasteiger partial charge < -0.3 is 4.90 Å². The molecule has 0 bridgehead atoms. The molecule has 118 valence electrons. The molecule has 1 aromatic rings. The van der Waals surface area contributed by atoms with Crippen molar-refractivity contribution in [2.45, 2.75) is 39.2 Å². The number of nitrogens with zero attached hydrogens (tertiary/aromatic N) is 2. The number of carbonyl (C=O) groups is 2. The molecule has 0 saturated carbocycles. The molecule has 5 nitrogen and oxygen atoms in total. The summed E-state index contributed by atoms with van der Waals surface area (Å²) in [7, 11) is 0. The molecule has 3 amide bonds. The summed E-state index contributed by atoms with van der Waals surface area (Å²) in [5.41, 5.74) is 1.94. The number of nitrogens with one attached hydrogen (secondary N) is 1. The van der Waals surface area contributed by atoms with Crippen LogP contribution in [0, 0.1) is 6.92 Å². The maximum Gasteiger partial charge on any atom is 0.336 e. The number of urea groups is 1. The Hall–Kier alpha value is -1.88. The Morgan fingerprint density at radius 3 is 2.36 bits per heavy atom. The molecule has 0 aliphatic carbocycles. The third kappa shape index (κ3) is 2.73. The van der Waals surface area contributed by atoms with Gasteiger partial charge in [-0.05, 0) is 45.2 Å². The second-order valence-electron chi connectivity index (χ2n) is 6.40. The van der Waals surface area contributed by atoms with Gasteiger partial charge in [-0.25, -0.2) is 9.69 Å². The number of piperidine rings is 1. The number of anilines is 1. The summed E-state index contributed by atoms with van der Waals surface area (Å²) >= 11 is 0.